The summed E-state index contributed by atoms with van der Waals surface area (Å²) in [6, 6.07) is 7.58. The highest BCUT2D eigenvalue weighted by molar-refractivity contribution is 5.89. The third kappa shape index (κ3) is 3.38. The molecule has 0 aliphatic carbocycles. The topological polar surface area (TPSA) is 64.1 Å². The lowest BCUT2D eigenvalue weighted by Crippen LogP contribution is -2.45. The fraction of sp³-hybridized carbons (Fsp3) is 0.556. The van der Waals surface area contributed by atoms with Gasteiger partial charge in [0, 0.05) is 46.3 Å². The number of hydrogen-bond donors (Lipinski definition) is 1. The third-order valence-corrected chi connectivity index (χ3v) is 5.10. The Morgan fingerprint density at radius 1 is 1.17 bits per heavy atom. The number of hydrogen-bond acceptors (Lipinski definition) is 3. The van der Waals surface area contributed by atoms with Crippen molar-refractivity contribution < 1.29 is 14.7 Å². The number of carbonyl (C=O) groups is 2. The third-order valence-electron chi connectivity index (χ3n) is 5.10. The molecule has 0 unspecified atom stereocenters. The number of fused-ring (bicyclic) bond motifs is 4. The van der Waals surface area contributed by atoms with Crippen LogP contribution in [0.25, 0.3) is 0 Å². The summed E-state index contributed by atoms with van der Waals surface area (Å²) >= 11 is 0. The van der Waals surface area contributed by atoms with Gasteiger partial charge in [-0.05, 0) is 30.4 Å². The predicted octanol–water partition coefficient (Wildman–Crippen LogP) is 1.96. The molecule has 130 valence electrons. The number of nitrogens with zero attached hydrogens (tertiary/aromatic N) is 3. The molecule has 2 amide bonds. The number of carbonyl (C=O) groups excluding carboxylic acids is 1. The van der Waals surface area contributed by atoms with Gasteiger partial charge in [0.2, 0.25) is 0 Å². The molecule has 1 aromatic carbocycles. The van der Waals surface area contributed by atoms with Gasteiger partial charge in [0.25, 0.3) is 0 Å². The summed E-state index contributed by atoms with van der Waals surface area (Å²) in [5.41, 5.74) is 1.22. The summed E-state index contributed by atoms with van der Waals surface area (Å²) < 4.78 is 0. The van der Waals surface area contributed by atoms with E-state index in [-0.39, 0.29) is 6.03 Å². The van der Waals surface area contributed by atoms with E-state index in [1.807, 2.05) is 17.0 Å². The minimum atomic E-state index is -0.880. The van der Waals surface area contributed by atoms with Crippen molar-refractivity contribution in [2.75, 3.05) is 33.7 Å². The Hall–Kier alpha value is -2.08. The Labute approximate surface area is 142 Å². The molecule has 1 N–H and O–H groups in total. The van der Waals surface area contributed by atoms with Crippen LogP contribution in [-0.4, -0.2) is 71.6 Å². The van der Waals surface area contributed by atoms with E-state index in [1.54, 1.807) is 31.1 Å². The van der Waals surface area contributed by atoms with Crippen molar-refractivity contribution in [1.29, 1.82) is 0 Å². The number of carboxylic acids is 1. The van der Waals surface area contributed by atoms with Crippen LogP contribution >= 0.6 is 0 Å². The summed E-state index contributed by atoms with van der Waals surface area (Å²) in [7, 11) is 3.58. The van der Waals surface area contributed by atoms with Gasteiger partial charge in [-0.15, -0.1) is 0 Å². The van der Waals surface area contributed by atoms with Gasteiger partial charge in [0.1, 0.15) is 0 Å². The first-order valence-corrected chi connectivity index (χ1v) is 8.47. The highest BCUT2D eigenvalue weighted by Crippen LogP contribution is 2.30. The van der Waals surface area contributed by atoms with Gasteiger partial charge in [-0.25, -0.2) is 9.59 Å². The summed E-state index contributed by atoms with van der Waals surface area (Å²) in [4.78, 5) is 29.7. The van der Waals surface area contributed by atoms with Gasteiger partial charge in [0.05, 0.1) is 5.56 Å². The van der Waals surface area contributed by atoms with Crippen LogP contribution in [0.2, 0.25) is 0 Å². The summed E-state index contributed by atoms with van der Waals surface area (Å²) in [6.45, 7) is 3.08. The minimum absolute atomic E-state index is 0.0692. The van der Waals surface area contributed by atoms with E-state index in [0.717, 1.165) is 38.0 Å². The van der Waals surface area contributed by atoms with E-state index in [2.05, 4.69) is 4.90 Å². The first kappa shape index (κ1) is 16.8. The molecule has 3 fully saturated rings. The Morgan fingerprint density at radius 2 is 1.92 bits per heavy atom. The molecule has 3 aliphatic rings. The van der Waals surface area contributed by atoms with Crippen molar-refractivity contribution in [2.45, 2.75) is 25.4 Å². The average molecular weight is 331 g/mol. The lowest BCUT2D eigenvalue weighted by atomic mass is 9.94. The first-order valence-electron chi connectivity index (χ1n) is 8.47. The van der Waals surface area contributed by atoms with Gasteiger partial charge in [0.15, 0.2) is 0 Å². The van der Waals surface area contributed by atoms with Gasteiger partial charge < -0.3 is 14.9 Å². The maximum absolute atomic E-state index is 12.3. The van der Waals surface area contributed by atoms with Crippen LogP contribution in [0.4, 0.5) is 4.79 Å². The van der Waals surface area contributed by atoms with Crippen LogP contribution in [0, 0.1) is 5.92 Å². The number of benzene rings is 1. The van der Waals surface area contributed by atoms with Crippen LogP contribution in [0.5, 0.6) is 0 Å². The minimum Gasteiger partial charge on any atom is -0.478 e. The van der Waals surface area contributed by atoms with Crippen molar-refractivity contribution >= 4 is 12.0 Å². The molecule has 1 aromatic rings. The normalized spacial score (nSPS) is 23.8. The summed E-state index contributed by atoms with van der Waals surface area (Å²) in [5.74, 6) is -0.417. The van der Waals surface area contributed by atoms with Crippen LogP contribution in [0.3, 0.4) is 0 Å². The van der Waals surface area contributed by atoms with Crippen LogP contribution in [0.15, 0.2) is 24.3 Å². The van der Waals surface area contributed by atoms with Gasteiger partial charge in [-0.1, -0.05) is 18.2 Å². The lowest BCUT2D eigenvalue weighted by Gasteiger charge is -2.36. The molecule has 4 rings (SSSR count). The fourth-order valence-electron chi connectivity index (χ4n) is 3.90. The average Bonchev–Trinajstić information content (AvgIpc) is 2.86. The van der Waals surface area contributed by atoms with E-state index in [1.165, 1.54) is 0 Å². The Bertz CT molecular complexity index is 632. The molecule has 3 aliphatic heterocycles. The maximum Gasteiger partial charge on any atom is 0.336 e. The fourth-order valence-corrected chi connectivity index (χ4v) is 3.90. The number of aromatic carboxylic acids is 1. The zero-order valence-corrected chi connectivity index (χ0v) is 14.3. The summed E-state index contributed by atoms with van der Waals surface area (Å²) in [6.07, 6.45) is 2.20. The van der Waals surface area contributed by atoms with Gasteiger partial charge in [-0.2, -0.15) is 0 Å². The molecule has 0 saturated carbocycles. The second-order valence-electron chi connectivity index (χ2n) is 7.07. The number of carboxylic acid groups (broad SMARTS) is 1. The largest absolute Gasteiger partial charge is 0.478 e. The molecular formula is C18H25N3O3. The zero-order valence-electron chi connectivity index (χ0n) is 14.3. The van der Waals surface area contributed by atoms with Gasteiger partial charge >= 0.3 is 12.0 Å². The van der Waals surface area contributed by atoms with Crippen molar-refractivity contribution in [3.05, 3.63) is 35.4 Å². The van der Waals surface area contributed by atoms with E-state index in [9.17, 15) is 14.7 Å². The molecule has 6 nitrogen and oxygen atoms in total. The molecule has 2 atom stereocenters. The van der Waals surface area contributed by atoms with Gasteiger partial charge in [-0.3, -0.25) is 4.90 Å². The lowest BCUT2D eigenvalue weighted by molar-refractivity contribution is 0.0691. The summed E-state index contributed by atoms with van der Waals surface area (Å²) in [5, 5.41) is 9.38. The van der Waals surface area contributed by atoms with Crippen molar-refractivity contribution in [3.63, 3.8) is 0 Å². The van der Waals surface area contributed by atoms with E-state index >= 15 is 0 Å². The van der Waals surface area contributed by atoms with Crippen LogP contribution in [-0.2, 0) is 6.54 Å². The zero-order chi connectivity index (χ0) is 17.3. The molecule has 24 heavy (non-hydrogen) atoms. The van der Waals surface area contributed by atoms with E-state index in [0.29, 0.717) is 24.1 Å². The molecule has 3 saturated heterocycles. The van der Waals surface area contributed by atoms with E-state index in [4.69, 9.17) is 0 Å². The van der Waals surface area contributed by atoms with Crippen molar-refractivity contribution in [3.8, 4) is 0 Å². The molecule has 0 spiro atoms. The Balaban J connectivity index is 1.77. The molecular weight excluding hydrogens is 306 g/mol. The number of rotatable bonds is 3. The Kier molecular flexibility index (Phi) is 4.76. The number of urea groups is 1. The van der Waals surface area contributed by atoms with Crippen molar-refractivity contribution in [2.24, 2.45) is 5.92 Å². The molecule has 3 heterocycles. The molecule has 2 bridgehead atoms. The highest BCUT2D eigenvalue weighted by Gasteiger charge is 2.37. The second kappa shape index (κ2) is 6.81. The van der Waals surface area contributed by atoms with Crippen LogP contribution in [0.1, 0.15) is 28.8 Å². The maximum atomic E-state index is 12.3. The van der Waals surface area contributed by atoms with Crippen LogP contribution < -0.4 is 0 Å². The highest BCUT2D eigenvalue weighted by atomic mass is 16.4. The second-order valence-corrected chi connectivity index (χ2v) is 7.07. The SMILES string of the molecule is CN(C)C(=O)N1C[C@@H]2CC[C@H](C1)N(Cc1ccccc1C(=O)O)C2. The molecule has 6 heteroatoms. The first-order chi connectivity index (χ1) is 11.5. The standard InChI is InChI=1S/C18H25N3O3/c1-19(2)18(24)21-10-13-7-8-15(12-21)20(9-13)11-14-5-3-4-6-16(14)17(22)23/h3-6,13,15H,7-12H2,1-2H3,(H,22,23)/t13-,15-/m1/s1. The molecule has 0 aromatic heterocycles. The smallest absolute Gasteiger partial charge is 0.336 e. The predicted molar refractivity (Wildman–Crippen MR) is 91.0 cm³/mol. The molecule has 0 radical (unpaired) electrons. The number of amides is 2. The Morgan fingerprint density at radius 3 is 2.62 bits per heavy atom. The van der Waals surface area contributed by atoms with Crippen molar-refractivity contribution in [1.82, 2.24) is 14.7 Å². The quantitative estimate of drug-likeness (QED) is 0.920. The van der Waals surface area contributed by atoms with E-state index < -0.39 is 5.97 Å². The number of piperidine rings is 1. The monoisotopic (exact) mass is 331 g/mol.